The molecule has 1 aliphatic rings. The molecule has 4 nitrogen and oxygen atoms in total. The van der Waals surface area contributed by atoms with Crippen LogP contribution in [0.25, 0.3) is 0 Å². The highest BCUT2D eigenvalue weighted by atomic mass is 16.4. The van der Waals surface area contributed by atoms with E-state index in [-0.39, 0.29) is 6.42 Å². The molecule has 0 spiro atoms. The predicted octanol–water partition coefficient (Wildman–Crippen LogP) is -0.792. The first-order valence-electron chi connectivity index (χ1n) is 3.67. The van der Waals surface area contributed by atoms with Crippen LogP contribution in [0.1, 0.15) is 19.8 Å². The van der Waals surface area contributed by atoms with Gasteiger partial charge in [0.1, 0.15) is 0 Å². The summed E-state index contributed by atoms with van der Waals surface area (Å²) in [5.74, 6) is -1.01. The molecule has 0 aromatic carbocycles. The van der Waals surface area contributed by atoms with Gasteiger partial charge in [-0.1, -0.05) is 0 Å². The van der Waals surface area contributed by atoms with Crippen molar-refractivity contribution >= 4 is 11.7 Å². The number of nitrogens with zero attached hydrogens (tertiary/aromatic N) is 2. The molecule has 0 saturated carbocycles. The van der Waals surface area contributed by atoms with Gasteiger partial charge in [0, 0.05) is 37.6 Å². The first-order chi connectivity index (χ1) is 5.18. The van der Waals surface area contributed by atoms with Crippen molar-refractivity contribution in [2.75, 3.05) is 13.1 Å². The molecular formula is C7H11N2O2-. The Morgan fingerprint density at radius 1 is 1.82 bits per heavy atom. The molecule has 1 heterocycles. The number of carboxylic acid groups (broad SMARTS) is 1. The Kier molecular flexibility index (Phi) is 2.46. The zero-order chi connectivity index (χ0) is 8.27. The largest absolute Gasteiger partial charge is 0.550 e. The van der Waals surface area contributed by atoms with E-state index >= 15 is 0 Å². The average molecular weight is 155 g/mol. The molecule has 0 saturated heterocycles. The summed E-state index contributed by atoms with van der Waals surface area (Å²) in [5.41, 5.74) is 1.07. The van der Waals surface area contributed by atoms with Crippen LogP contribution in [0.4, 0.5) is 0 Å². The summed E-state index contributed by atoms with van der Waals surface area (Å²) in [6.45, 7) is 3.26. The number of hydrazone groups is 1. The van der Waals surface area contributed by atoms with E-state index in [1.54, 1.807) is 5.01 Å². The summed E-state index contributed by atoms with van der Waals surface area (Å²) in [7, 11) is 0. The molecule has 0 N–H and O–H groups in total. The maximum Gasteiger partial charge on any atom is 0.0432 e. The molecule has 0 aromatic heterocycles. The molecule has 0 bridgehead atoms. The monoisotopic (exact) mass is 155 g/mol. The van der Waals surface area contributed by atoms with Crippen molar-refractivity contribution in [3.05, 3.63) is 0 Å². The van der Waals surface area contributed by atoms with E-state index in [1.807, 2.05) is 6.92 Å². The Hall–Kier alpha value is -1.06. The number of carbonyl (C=O) groups is 1. The van der Waals surface area contributed by atoms with Crippen molar-refractivity contribution in [1.82, 2.24) is 5.01 Å². The molecule has 0 unspecified atom stereocenters. The Labute approximate surface area is 65.5 Å². The Balaban J connectivity index is 2.23. The van der Waals surface area contributed by atoms with E-state index in [1.165, 1.54) is 0 Å². The highest BCUT2D eigenvalue weighted by Crippen LogP contribution is 2.05. The number of hydrogen-bond donors (Lipinski definition) is 0. The van der Waals surface area contributed by atoms with Gasteiger partial charge in [0.25, 0.3) is 0 Å². The van der Waals surface area contributed by atoms with Gasteiger partial charge >= 0.3 is 0 Å². The second kappa shape index (κ2) is 3.37. The van der Waals surface area contributed by atoms with E-state index in [4.69, 9.17) is 0 Å². The zero-order valence-electron chi connectivity index (χ0n) is 6.54. The van der Waals surface area contributed by atoms with Crippen LogP contribution >= 0.6 is 0 Å². The number of hydrogen-bond acceptors (Lipinski definition) is 4. The van der Waals surface area contributed by atoms with Gasteiger partial charge in [-0.15, -0.1) is 0 Å². The van der Waals surface area contributed by atoms with Gasteiger partial charge in [-0.05, 0) is 6.92 Å². The van der Waals surface area contributed by atoms with E-state index in [0.717, 1.165) is 18.7 Å². The third kappa shape index (κ3) is 2.57. The molecule has 62 valence electrons. The fourth-order valence-corrected chi connectivity index (χ4v) is 1.01. The normalized spacial score (nSPS) is 16.8. The summed E-state index contributed by atoms with van der Waals surface area (Å²) in [6.07, 6.45) is 1.02. The second-order valence-electron chi connectivity index (χ2n) is 2.66. The molecule has 0 aliphatic carbocycles. The predicted molar refractivity (Wildman–Crippen MR) is 38.9 cm³/mol. The molecule has 4 heteroatoms. The van der Waals surface area contributed by atoms with Crippen molar-refractivity contribution in [3.8, 4) is 0 Å². The number of rotatable bonds is 3. The average Bonchev–Trinajstić information content (AvgIpc) is 2.31. The maximum absolute atomic E-state index is 10.1. The van der Waals surface area contributed by atoms with Gasteiger partial charge in [-0.25, -0.2) is 0 Å². The third-order valence-electron chi connectivity index (χ3n) is 1.62. The minimum absolute atomic E-state index is 0.0662. The molecule has 0 atom stereocenters. The SMILES string of the molecule is CC1=NN(CCC(=O)[O-])CC1. The van der Waals surface area contributed by atoms with Crippen molar-refractivity contribution in [2.24, 2.45) is 5.10 Å². The molecule has 1 rings (SSSR count). The van der Waals surface area contributed by atoms with Crippen LogP contribution in [0, 0.1) is 0 Å². The van der Waals surface area contributed by atoms with Crippen molar-refractivity contribution in [3.63, 3.8) is 0 Å². The number of carboxylic acids is 1. The lowest BCUT2D eigenvalue weighted by atomic mass is 10.3. The van der Waals surface area contributed by atoms with Gasteiger partial charge in [0.2, 0.25) is 0 Å². The molecule has 0 radical (unpaired) electrons. The highest BCUT2D eigenvalue weighted by Gasteiger charge is 2.09. The van der Waals surface area contributed by atoms with Crippen molar-refractivity contribution in [2.45, 2.75) is 19.8 Å². The summed E-state index contributed by atoms with van der Waals surface area (Å²) in [4.78, 5) is 10.1. The minimum atomic E-state index is -1.01. The highest BCUT2D eigenvalue weighted by molar-refractivity contribution is 5.83. The third-order valence-corrected chi connectivity index (χ3v) is 1.62. The maximum atomic E-state index is 10.1. The fourth-order valence-electron chi connectivity index (χ4n) is 1.01. The minimum Gasteiger partial charge on any atom is -0.550 e. The van der Waals surface area contributed by atoms with Crippen LogP contribution in [0.5, 0.6) is 0 Å². The van der Waals surface area contributed by atoms with E-state index in [0.29, 0.717) is 6.54 Å². The second-order valence-corrected chi connectivity index (χ2v) is 2.66. The quantitative estimate of drug-likeness (QED) is 0.536. The lowest BCUT2D eigenvalue weighted by Gasteiger charge is -2.12. The number of carbonyl (C=O) groups excluding carboxylic acids is 1. The summed E-state index contributed by atoms with van der Waals surface area (Å²) < 4.78 is 0. The molecule has 0 aromatic rings. The lowest BCUT2D eigenvalue weighted by Crippen LogP contribution is -2.27. The molecular weight excluding hydrogens is 144 g/mol. The summed E-state index contributed by atoms with van der Waals surface area (Å²) in [5, 5.41) is 15.9. The Morgan fingerprint density at radius 3 is 3.00 bits per heavy atom. The molecule has 0 fully saturated rings. The first kappa shape index (κ1) is 8.04. The zero-order valence-corrected chi connectivity index (χ0v) is 6.54. The molecule has 1 aliphatic heterocycles. The van der Waals surface area contributed by atoms with Crippen LogP contribution in [0.3, 0.4) is 0 Å². The summed E-state index contributed by atoms with van der Waals surface area (Å²) in [6, 6.07) is 0. The van der Waals surface area contributed by atoms with E-state index in [9.17, 15) is 9.90 Å². The lowest BCUT2D eigenvalue weighted by molar-refractivity contribution is -0.305. The number of aliphatic carboxylic acids is 1. The molecule has 0 amide bonds. The van der Waals surface area contributed by atoms with Crippen LogP contribution in [-0.2, 0) is 4.79 Å². The van der Waals surface area contributed by atoms with E-state index in [2.05, 4.69) is 5.10 Å². The van der Waals surface area contributed by atoms with Gasteiger partial charge in [-0.3, -0.25) is 5.01 Å². The van der Waals surface area contributed by atoms with Gasteiger partial charge < -0.3 is 9.90 Å². The van der Waals surface area contributed by atoms with Crippen molar-refractivity contribution < 1.29 is 9.90 Å². The smallest absolute Gasteiger partial charge is 0.0432 e. The van der Waals surface area contributed by atoms with Gasteiger partial charge in [0.15, 0.2) is 0 Å². The first-order valence-corrected chi connectivity index (χ1v) is 3.67. The van der Waals surface area contributed by atoms with Crippen LogP contribution < -0.4 is 5.11 Å². The summed E-state index contributed by atoms with van der Waals surface area (Å²) >= 11 is 0. The Morgan fingerprint density at radius 2 is 2.55 bits per heavy atom. The van der Waals surface area contributed by atoms with Crippen molar-refractivity contribution in [1.29, 1.82) is 0 Å². The molecule has 11 heavy (non-hydrogen) atoms. The van der Waals surface area contributed by atoms with Gasteiger partial charge in [0.05, 0.1) is 0 Å². The van der Waals surface area contributed by atoms with Gasteiger partial charge in [-0.2, -0.15) is 5.10 Å². The van der Waals surface area contributed by atoms with Crippen LogP contribution in [0.15, 0.2) is 5.10 Å². The Bertz CT molecular complexity index is 189. The topological polar surface area (TPSA) is 55.7 Å². The van der Waals surface area contributed by atoms with E-state index < -0.39 is 5.97 Å². The van der Waals surface area contributed by atoms with Crippen LogP contribution in [-0.4, -0.2) is 29.8 Å². The standard InChI is InChI=1S/C7H12N2O2/c1-6-2-4-9(8-6)5-3-7(10)11/h2-5H2,1H3,(H,10,11)/p-1. The van der Waals surface area contributed by atoms with Crippen LogP contribution in [0.2, 0.25) is 0 Å². The fraction of sp³-hybridized carbons (Fsp3) is 0.714.